The van der Waals surface area contributed by atoms with Crippen molar-refractivity contribution in [1.29, 1.82) is 0 Å². The zero-order valence-electron chi connectivity index (χ0n) is 13.6. The predicted molar refractivity (Wildman–Crippen MR) is 91.6 cm³/mol. The lowest BCUT2D eigenvalue weighted by Crippen LogP contribution is -2.48. The third kappa shape index (κ3) is 2.91. The van der Waals surface area contributed by atoms with Crippen LogP contribution in [-0.4, -0.2) is 41.1 Å². The van der Waals surface area contributed by atoms with E-state index < -0.39 is 0 Å². The summed E-state index contributed by atoms with van der Waals surface area (Å²) in [6.45, 7) is 0. The topological polar surface area (TPSA) is 51.7 Å². The van der Waals surface area contributed by atoms with Crippen LogP contribution in [0.2, 0.25) is 0 Å². The Morgan fingerprint density at radius 3 is 2.50 bits per heavy atom. The van der Waals surface area contributed by atoms with Crippen LogP contribution in [0.1, 0.15) is 36.0 Å². The maximum absolute atomic E-state index is 12.9. The molecule has 3 heterocycles. The standard InChI is InChI=1S/C18H20N2O3S/c1-22-16-10-13-4-5-14(11-16)20(13)17(21)12-2-6-15(7-3-12)23-18-19-8-9-24-18/h2-3,6-9,13-14,16H,4-5,10-11H2,1H3. The van der Waals surface area contributed by atoms with Gasteiger partial charge in [-0.05, 0) is 49.9 Å². The van der Waals surface area contributed by atoms with Crippen LogP contribution in [0, 0.1) is 0 Å². The summed E-state index contributed by atoms with van der Waals surface area (Å²) in [5.74, 6) is 0.820. The minimum atomic E-state index is 0.123. The second kappa shape index (κ2) is 6.53. The van der Waals surface area contributed by atoms with Crippen LogP contribution in [0.5, 0.6) is 10.9 Å². The van der Waals surface area contributed by atoms with Crippen LogP contribution in [-0.2, 0) is 4.74 Å². The molecule has 2 saturated heterocycles. The Hall–Kier alpha value is -1.92. The van der Waals surface area contributed by atoms with Gasteiger partial charge < -0.3 is 14.4 Å². The molecule has 0 saturated carbocycles. The lowest BCUT2D eigenvalue weighted by atomic mass is 9.98. The molecule has 0 aliphatic carbocycles. The lowest BCUT2D eigenvalue weighted by molar-refractivity contribution is 0.00822. The fraction of sp³-hybridized carbons (Fsp3) is 0.444. The van der Waals surface area contributed by atoms with Crippen molar-refractivity contribution in [2.24, 2.45) is 0 Å². The monoisotopic (exact) mass is 344 g/mol. The zero-order chi connectivity index (χ0) is 16.5. The molecule has 2 aliphatic rings. The summed E-state index contributed by atoms with van der Waals surface area (Å²) in [7, 11) is 1.77. The highest BCUT2D eigenvalue weighted by Crippen LogP contribution is 2.37. The number of benzene rings is 1. The Labute approximate surface area is 145 Å². The zero-order valence-corrected chi connectivity index (χ0v) is 14.4. The lowest BCUT2D eigenvalue weighted by Gasteiger charge is -2.38. The van der Waals surface area contributed by atoms with Crippen molar-refractivity contribution < 1.29 is 14.3 Å². The quantitative estimate of drug-likeness (QED) is 0.848. The average molecular weight is 344 g/mol. The molecule has 0 radical (unpaired) electrons. The highest BCUT2D eigenvalue weighted by Gasteiger charge is 2.43. The van der Waals surface area contributed by atoms with E-state index in [-0.39, 0.29) is 5.91 Å². The van der Waals surface area contributed by atoms with E-state index in [1.54, 1.807) is 13.3 Å². The first-order valence-corrected chi connectivity index (χ1v) is 9.15. The van der Waals surface area contributed by atoms with Crippen molar-refractivity contribution in [2.45, 2.75) is 43.9 Å². The Balaban J connectivity index is 1.47. The Morgan fingerprint density at radius 2 is 1.92 bits per heavy atom. The van der Waals surface area contributed by atoms with Crippen LogP contribution in [0.25, 0.3) is 0 Å². The molecule has 1 amide bonds. The van der Waals surface area contributed by atoms with Gasteiger partial charge in [0.05, 0.1) is 6.10 Å². The first-order chi connectivity index (χ1) is 11.7. The molecular weight excluding hydrogens is 324 g/mol. The Bertz CT molecular complexity index is 688. The normalized spacial score (nSPS) is 25.7. The van der Waals surface area contributed by atoms with Crippen molar-refractivity contribution in [3.8, 4) is 10.9 Å². The van der Waals surface area contributed by atoms with Gasteiger partial charge in [0.1, 0.15) is 5.75 Å². The van der Waals surface area contributed by atoms with Crippen molar-refractivity contribution >= 4 is 17.2 Å². The molecule has 4 rings (SSSR count). The van der Waals surface area contributed by atoms with Crippen LogP contribution in [0.4, 0.5) is 0 Å². The van der Waals surface area contributed by atoms with E-state index in [0.29, 0.717) is 34.7 Å². The summed E-state index contributed by atoms with van der Waals surface area (Å²) in [6.07, 6.45) is 6.06. The van der Waals surface area contributed by atoms with E-state index in [9.17, 15) is 4.79 Å². The number of piperidine rings is 1. The number of ether oxygens (including phenoxy) is 2. The number of carbonyl (C=O) groups excluding carboxylic acids is 1. The number of methoxy groups -OCH3 is 1. The molecule has 1 aromatic heterocycles. The first kappa shape index (κ1) is 15.6. The van der Waals surface area contributed by atoms with Crippen molar-refractivity contribution in [3.05, 3.63) is 41.4 Å². The molecule has 0 spiro atoms. The minimum Gasteiger partial charge on any atom is -0.431 e. The molecule has 5 nitrogen and oxygen atoms in total. The van der Waals surface area contributed by atoms with E-state index in [1.807, 2.05) is 29.6 Å². The van der Waals surface area contributed by atoms with E-state index in [4.69, 9.17) is 9.47 Å². The van der Waals surface area contributed by atoms with Crippen LogP contribution >= 0.6 is 11.3 Å². The third-order valence-electron chi connectivity index (χ3n) is 4.97. The summed E-state index contributed by atoms with van der Waals surface area (Å²) in [5.41, 5.74) is 0.717. The molecule has 126 valence electrons. The summed E-state index contributed by atoms with van der Waals surface area (Å²) < 4.78 is 11.2. The fourth-order valence-corrected chi connectivity index (χ4v) is 4.33. The van der Waals surface area contributed by atoms with Crippen LogP contribution in [0.3, 0.4) is 0 Å². The van der Waals surface area contributed by atoms with E-state index in [0.717, 1.165) is 25.7 Å². The molecule has 2 aromatic rings. The summed E-state index contributed by atoms with van der Waals surface area (Å²) in [4.78, 5) is 19.1. The molecule has 2 aliphatic heterocycles. The molecule has 24 heavy (non-hydrogen) atoms. The molecule has 0 N–H and O–H groups in total. The molecule has 2 fully saturated rings. The van der Waals surface area contributed by atoms with Crippen molar-refractivity contribution in [2.75, 3.05) is 7.11 Å². The van der Waals surface area contributed by atoms with Gasteiger partial charge in [0.15, 0.2) is 0 Å². The van der Waals surface area contributed by atoms with Crippen LogP contribution < -0.4 is 4.74 Å². The molecule has 1 aromatic carbocycles. The number of amides is 1. The number of carbonyl (C=O) groups is 1. The van der Waals surface area contributed by atoms with Gasteiger partial charge in [0.25, 0.3) is 11.1 Å². The smallest absolute Gasteiger partial charge is 0.278 e. The number of fused-ring (bicyclic) bond motifs is 2. The van der Waals surface area contributed by atoms with E-state index in [1.165, 1.54) is 11.3 Å². The fourth-order valence-electron chi connectivity index (χ4n) is 3.83. The number of thiazole rings is 1. The van der Waals surface area contributed by atoms with Crippen LogP contribution in [0.15, 0.2) is 35.8 Å². The maximum Gasteiger partial charge on any atom is 0.278 e. The molecular formula is C18H20N2O3S. The predicted octanol–water partition coefficient (Wildman–Crippen LogP) is 3.72. The Kier molecular flexibility index (Phi) is 4.24. The number of rotatable bonds is 4. The van der Waals surface area contributed by atoms with Gasteiger partial charge in [0, 0.05) is 36.3 Å². The number of nitrogens with zero attached hydrogens (tertiary/aromatic N) is 2. The average Bonchev–Trinajstić information content (AvgIpc) is 3.20. The molecule has 6 heteroatoms. The number of hydrogen-bond acceptors (Lipinski definition) is 5. The first-order valence-electron chi connectivity index (χ1n) is 8.27. The van der Waals surface area contributed by atoms with Crippen molar-refractivity contribution in [1.82, 2.24) is 9.88 Å². The largest absolute Gasteiger partial charge is 0.431 e. The van der Waals surface area contributed by atoms with Gasteiger partial charge in [-0.1, -0.05) is 11.3 Å². The third-order valence-corrected chi connectivity index (χ3v) is 5.62. The van der Waals surface area contributed by atoms with E-state index >= 15 is 0 Å². The second-order valence-corrected chi connectivity index (χ2v) is 7.21. The molecule has 2 bridgehead atoms. The second-order valence-electron chi connectivity index (χ2n) is 6.35. The Morgan fingerprint density at radius 1 is 1.21 bits per heavy atom. The number of hydrogen-bond donors (Lipinski definition) is 0. The SMILES string of the molecule is COC1CC2CCC(C1)N2C(=O)c1ccc(Oc2nccs2)cc1. The summed E-state index contributed by atoms with van der Waals surface area (Å²) in [5, 5.41) is 2.47. The van der Waals surface area contributed by atoms with Gasteiger partial charge in [0.2, 0.25) is 0 Å². The van der Waals surface area contributed by atoms with Gasteiger partial charge in [-0.15, -0.1) is 0 Å². The number of aromatic nitrogens is 1. The highest BCUT2D eigenvalue weighted by molar-refractivity contribution is 7.11. The summed E-state index contributed by atoms with van der Waals surface area (Å²) in [6, 6.07) is 7.97. The van der Waals surface area contributed by atoms with Gasteiger partial charge in [-0.25, -0.2) is 4.98 Å². The van der Waals surface area contributed by atoms with Gasteiger partial charge in [-0.2, -0.15) is 0 Å². The van der Waals surface area contributed by atoms with Gasteiger partial charge in [-0.3, -0.25) is 4.79 Å². The van der Waals surface area contributed by atoms with Crippen molar-refractivity contribution in [3.63, 3.8) is 0 Å². The highest BCUT2D eigenvalue weighted by atomic mass is 32.1. The summed E-state index contributed by atoms with van der Waals surface area (Å²) >= 11 is 1.44. The van der Waals surface area contributed by atoms with Gasteiger partial charge >= 0.3 is 0 Å². The molecule has 2 unspecified atom stereocenters. The maximum atomic E-state index is 12.9. The van der Waals surface area contributed by atoms with E-state index in [2.05, 4.69) is 9.88 Å². The molecule has 2 atom stereocenters. The minimum absolute atomic E-state index is 0.123.